The summed E-state index contributed by atoms with van der Waals surface area (Å²) in [5, 5.41) is 12.8. The van der Waals surface area contributed by atoms with Gasteiger partial charge in [-0.2, -0.15) is 5.26 Å². The van der Waals surface area contributed by atoms with Gasteiger partial charge in [0, 0.05) is 6.54 Å². The van der Waals surface area contributed by atoms with Crippen molar-refractivity contribution >= 4 is 17.3 Å². The molecule has 0 aromatic heterocycles. The fraction of sp³-hybridized carbons (Fsp3) is 0.417. The summed E-state index contributed by atoms with van der Waals surface area (Å²) < 4.78 is 0. The van der Waals surface area contributed by atoms with Crippen LogP contribution in [0.1, 0.15) is 24.8 Å². The fourth-order valence-electron chi connectivity index (χ4n) is 1.60. The van der Waals surface area contributed by atoms with Gasteiger partial charge in [0.15, 0.2) is 0 Å². The minimum absolute atomic E-state index is 0.623. The third-order valence-electron chi connectivity index (χ3n) is 2.69. The number of nitriles is 1. The standard InChI is InChI=1S/C12H13ClN2/c13-11-3-1-2-10(8-14)12(11)15-7-6-9-4-5-9/h1-3,9,15H,4-7H2. The van der Waals surface area contributed by atoms with Crippen molar-refractivity contribution in [2.75, 3.05) is 11.9 Å². The molecule has 0 bridgehead atoms. The number of benzene rings is 1. The number of nitrogens with zero attached hydrogens (tertiary/aromatic N) is 1. The maximum atomic E-state index is 8.92. The van der Waals surface area contributed by atoms with Gasteiger partial charge in [0.05, 0.1) is 16.3 Å². The van der Waals surface area contributed by atoms with Crippen LogP contribution in [0.5, 0.6) is 0 Å². The van der Waals surface area contributed by atoms with Gasteiger partial charge >= 0.3 is 0 Å². The molecule has 78 valence electrons. The first-order chi connectivity index (χ1) is 7.31. The Morgan fingerprint density at radius 2 is 2.27 bits per heavy atom. The average molecular weight is 221 g/mol. The Labute approximate surface area is 94.9 Å². The number of hydrogen-bond acceptors (Lipinski definition) is 2. The summed E-state index contributed by atoms with van der Waals surface area (Å²) in [5.41, 5.74) is 1.40. The second-order valence-corrected chi connectivity index (χ2v) is 4.34. The van der Waals surface area contributed by atoms with Crippen molar-refractivity contribution in [2.45, 2.75) is 19.3 Å². The molecule has 2 nitrogen and oxygen atoms in total. The molecule has 2 rings (SSSR count). The van der Waals surface area contributed by atoms with E-state index in [-0.39, 0.29) is 0 Å². The summed E-state index contributed by atoms with van der Waals surface area (Å²) in [7, 11) is 0. The zero-order chi connectivity index (χ0) is 10.7. The van der Waals surface area contributed by atoms with Gasteiger partial charge in [-0.15, -0.1) is 0 Å². The average Bonchev–Trinajstić information content (AvgIpc) is 3.04. The zero-order valence-electron chi connectivity index (χ0n) is 8.46. The van der Waals surface area contributed by atoms with Gasteiger partial charge in [0.25, 0.3) is 0 Å². The molecule has 0 saturated heterocycles. The van der Waals surface area contributed by atoms with E-state index in [1.807, 2.05) is 6.07 Å². The molecule has 15 heavy (non-hydrogen) atoms. The van der Waals surface area contributed by atoms with Gasteiger partial charge in [-0.05, 0) is 24.5 Å². The molecule has 0 unspecified atom stereocenters. The fourth-order valence-corrected chi connectivity index (χ4v) is 1.85. The molecule has 3 heteroatoms. The zero-order valence-corrected chi connectivity index (χ0v) is 9.22. The molecule has 1 aromatic carbocycles. The molecule has 0 spiro atoms. The predicted molar refractivity (Wildman–Crippen MR) is 62.0 cm³/mol. The second-order valence-electron chi connectivity index (χ2n) is 3.93. The molecule has 0 atom stereocenters. The minimum Gasteiger partial charge on any atom is -0.383 e. The molecule has 1 aliphatic rings. The van der Waals surface area contributed by atoms with Crippen LogP contribution in [0.2, 0.25) is 5.02 Å². The van der Waals surface area contributed by atoms with Gasteiger partial charge in [0.1, 0.15) is 6.07 Å². The van der Waals surface area contributed by atoms with Gasteiger partial charge in [-0.3, -0.25) is 0 Å². The van der Waals surface area contributed by atoms with Crippen molar-refractivity contribution in [1.82, 2.24) is 0 Å². The Kier molecular flexibility index (Phi) is 3.13. The molecule has 0 radical (unpaired) electrons. The van der Waals surface area contributed by atoms with E-state index < -0.39 is 0 Å². The minimum atomic E-state index is 0.623. The largest absolute Gasteiger partial charge is 0.383 e. The highest BCUT2D eigenvalue weighted by atomic mass is 35.5. The maximum Gasteiger partial charge on any atom is 0.101 e. The highest BCUT2D eigenvalue weighted by Gasteiger charge is 2.20. The highest BCUT2D eigenvalue weighted by molar-refractivity contribution is 6.33. The molecule has 1 saturated carbocycles. The predicted octanol–water partition coefficient (Wildman–Crippen LogP) is 3.42. The molecule has 1 aromatic rings. The van der Waals surface area contributed by atoms with Gasteiger partial charge in [-0.1, -0.05) is 30.5 Å². The van der Waals surface area contributed by atoms with E-state index in [2.05, 4.69) is 11.4 Å². The lowest BCUT2D eigenvalue weighted by Gasteiger charge is -2.09. The van der Waals surface area contributed by atoms with Crippen LogP contribution in [0.25, 0.3) is 0 Å². The van der Waals surface area contributed by atoms with E-state index >= 15 is 0 Å². The van der Waals surface area contributed by atoms with Crippen LogP contribution in [-0.2, 0) is 0 Å². The van der Waals surface area contributed by atoms with Gasteiger partial charge < -0.3 is 5.32 Å². The number of halogens is 1. The Hall–Kier alpha value is -1.20. The van der Waals surface area contributed by atoms with Crippen LogP contribution in [0.4, 0.5) is 5.69 Å². The molecule has 0 aliphatic heterocycles. The van der Waals surface area contributed by atoms with E-state index in [0.29, 0.717) is 10.6 Å². The van der Waals surface area contributed by atoms with Crippen LogP contribution in [0.15, 0.2) is 18.2 Å². The van der Waals surface area contributed by atoms with E-state index in [0.717, 1.165) is 18.2 Å². The molecular formula is C12H13ClN2. The summed E-state index contributed by atoms with van der Waals surface area (Å²) in [4.78, 5) is 0. The lowest BCUT2D eigenvalue weighted by molar-refractivity contribution is 0.760. The summed E-state index contributed by atoms with van der Waals surface area (Å²) >= 11 is 6.03. The van der Waals surface area contributed by atoms with Crippen molar-refractivity contribution in [3.05, 3.63) is 28.8 Å². The van der Waals surface area contributed by atoms with Gasteiger partial charge in [0.2, 0.25) is 0 Å². The van der Waals surface area contributed by atoms with Gasteiger partial charge in [-0.25, -0.2) is 0 Å². The highest BCUT2D eigenvalue weighted by Crippen LogP contribution is 2.32. The van der Waals surface area contributed by atoms with E-state index in [9.17, 15) is 0 Å². The summed E-state index contributed by atoms with van der Waals surface area (Å²) in [6.45, 7) is 0.906. The third kappa shape index (κ3) is 2.64. The number of rotatable bonds is 4. The van der Waals surface area contributed by atoms with Crippen molar-refractivity contribution < 1.29 is 0 Å². The van der Waals surface area contributed by atoms with E-state index in [1.54, 1.807) is 12.1 Å². The topological polar surface area (TPSA) is 35.8 Å². The van der Waals surface area contributed by atoms with Crippen molar-refractivity contribution in [2.24, 2.45) is 5.92 Å². The molecule has 0 amide bonds. The molecule has 1 aliphatic carbocycles. The smallest absolute Gasteiger partial charge is 0.101 e. The van der Waals surface area contributed by atoms with Crippen molar-refractivity contribution in [3.63, 3.8) is 0 Å². The molecule has 1 fully saturated rings. The Balaban J connectivity index is 2.01. The second kappa shape index (κ2) is 4.55. The Bertz CT molecular complexity index is 391. The van der Waals surface area contributed by atoms with Crippen LogP contribution in [0, 0.1) is 17.2 Å². The number of nitrogens with one attached hydrogen (secondary N) is 1. The van der Waals surface area contributed by atoms with Crippen LogP contribution < -0.4 is 5.32 Å². The Morgan fingerprint density at radius 1 is 1.47 bits per heavy atom. The van der Waals surface area contributed by atoms with Crippen LogP contribution in [-0.4, -0.2) is 6.54 Å². The lowest BCUT2D eigenvalue weighted by Crippen LogP contribution is -2.04. The summed E-state index contributed by atoms with van der Waals surface area (Å²) in [6.07, 6.45) is 3.89. The number of anilines is 1. The summed E-state index contributed by atoms with van der Waals surface area (Å²) in [6, 6.07) is 7.53. The van der Waals surface area contributed by atoms with E-state index in [4.69, 9.17) is 16.9 Å². The monoisotopic (exact) mass is 220 g/mol. The lowest BCUT2D eigenvalue weighted by atomic mass is 10.2. The first-order valence-corrected chi connectivity index (χ1v) is 5.61. The first-order valence-electron chi connectivity index (χ1n) is 5.23. The van der Waals surface area contributed by atoms with E-state index in [1.165, 1.54) is 19.3 Å². The normalized spacial score (nSPS) is 14.7. The van der Waals surface area contributed by atoms with Crippen LogP contribution >= 0.6 is 11.6 Å². The maximum absolute atomic E-state index is 8.92. The molecular weight excluding hydrogens is 208 g/mol. The molecule has 1 N–H and O–H groups in total. The van der Waals surface area contributed by atoms with Crippen molar-refractivity contribution in [3.8, 4) is 6.07 Å². The third-order valence-corrected chi connectivity index (χ3v) is 3.00. The van der Waals surface area contributed by atoms with Crippen LogP contribution in [0.3, 0.4) is 0 Å². The Morgan fingerprint density at radius 3 is 2.93 bits per heavy atom. The first kappa shape index (κ1) is 10.3. The SMILES string of the molecule is N#Cc1cccc(Cl)c1NCCC1CC1. The van der Waals surface area contributed by atoms with Crippen molar-refractivity contribution in [1.29, 1.82) is 5.26 Å². The summed E-state index contributed by atoms with van der Waals surface area (Å²) in [5.74, 6) is 0.894. The quantitative estimate of drug-likeness (QED) is 0.844. The molecule has 0 heterocycles. The number of para-hydroxylation sites is 1. The number of hydrogen-bond donors (Lipinski definition) is 1.